The average molecular weight is 382 g/mol. The lowest BCUT2D eigenvalue weighted by Gasteiger charge is -2.08. The van der Waals surface area contributed by atoms with E-state index in [2.05, 4.69) is 17.0 Å². The fraction of sp³-hybridized carbons (Fsp3) is 0.0417. The van der Waals surface area contributed by atoms with Gasteiger partial charge in [0.2, 0.25) is 6.10 Å². The molecule has 0 saturated carbocycles. The van der Waals surface area contributed by atoms with Crippen LogP contribution in [0, 0.1) is 22.0 Å². The molecule has 0 fully saturated rings. The lowest BCUT2D eigenvalue weighted by molar-refractivity contribution is -0.384. The zero-order valence-electron chi connectivity index (χ0n) is 15.5. The van der Waals surface area contributed by atoms with Crippen LogP contribution in [0.2, 0.25) is 0 Å². The number of benzene rings is 3. The van der Waals surface area contributed by atoms with Crippen molar-refractivity contribution in [2.45, 2.75) is 6.10 Å². The second-order valence-corrected chi connectivity index (χ2v) is 5.99. The van der Waals surface area contributed by atoms with Gasteiger partial charge < -0.3 is 4.84 Å². The first kappa shape index (κ1) is 19.6. The molecule has 29 heavy (non-hydrogen) atoms. The van der Waals surface area contributed by atoms with Crippen LogP contribution in [0.4, 0.5) is 5.69 Å². The maximum atomic E-state index is 10.7. The summed E-state index contributed by atoms with van der Waals surface area (Å²) in [6.45, 7) is 0. The molecule has 0 bridgehead atoms. The van der Waals surface area contributed by atoms with E-state index in [4.69, 9.17) is 4.84 Å². The average Bonchev–Trinajstić information content (AvgIpc) is 2.77. The monoisotopic (exact) mass is 382 g/mol. The minimum absolute atomic E-state index is 0.0573. The van der Waals surface area contributed by atoms with Gasteiger partial charge in [-0.25, -0.2) is 0 Å². The molecule has 1 atom stereocenters. The van der Waals surface area contributed by atoms with E-state index < -0.39 is 11.0 Å². The van der Waals surface area contributed by atoms with Crippen LogP contribution in [0.5, 0.6) is 0 Å². The highest BCUT2D eigenvalue weighted by molar-refractivity contribution is 5.77. The van der Waals surface area contributed by atoms with Crippen molar-refractivity contribution in [1.82, 2.24) is 0 Å². The molecule has 142 valence electrons. The third kappa shape index (κ3) is 6.19. The van der Waals surface area contributed by atoms with Crippen molar-refractivity contribution in [2.24, 2.45) is 5.16 Å². The summed E-state index contributed by atoms with van der Waals surface area (Å²) >= 11 is 0. The number of allylic oxidation sites excluding steroid dienone is 1. The minimum atomic E-state index is -0.500. The molecule has 0 aliphatic heterocycles. The van der Waals surface area contributed by atoms with E-state index in [9.17, 15) is 10.1 Å². The van der Waals surface area contributed by atoms with Gasteiger partial charge in [0.05, 0.1) is 11.1 Å². The van der Waals surface area contributed by atoms with E-state index in [0.717, 1.165) is 16.7 Å². The molecular formula is C24H18N2O3. The lowest BCUT2D eigenvalue weighted by Crippen LogP contribution is -1.97. The Morgan fingerprint density at radius 3 is 2.24 bits per heavy atom. The fourth-order valence-electron chi connectivity index (χ4n) is 2.46. The van der Waals surface area contributed by atoms with Crippen molar-refractivity contribution >= 4 is 18.0 Å². The van der Waals surface area contributed by atoms with Gasteiger partial charge in [-0.2, -0.15) is 0 Å². The lowest BCUT2D eigenvalue weighted by atomic mass is 10.1. The molecule has 5 heteroatoms. The number of non-ortho nitro benzene ring substituents is 1. The SMILES string of the molecule is O=[N+]([O-])c1ccc(/C=C/C=N\OC(C#Cc2ccccc2)c2ccccc2)cc1. The van der Waals surface area contributed by atoms with E-state index in [1.807, 2.05) is 60.7 Å². The molecule has 0 aromatic heterocycles. The number of oxime groups is 1. The summed E-state index contributed by atoms with van der Waals surface area (Å²) in [6.07, 6.45) is 4.50. The molecule has 3 aromatic rings. The van der Waals surface area contributed by atoms with Gasteiger partial charge in [-0.05, 0) is 41.8 Å². The number of nitrogens with zero attached hydrogens (tertiary/aromatic N) is 2. The third-order valence-electron chi connectivity index (χ3n) is 3.93. The second-order valence-electron chi connectivity index (χ2n) is 5.99. The summed E-state index contributed by atoms with van der Waals surface area (Å²) in [7, 11) is 0. The quantitative estimate of drug-likeness (QED) is 0.248. The van der Waals surface area contributed by atoms with Crippen LogP contribution in [0.3, 0.4) is 0 Å². The van der Waals surface area contributed by atoms with Gasteiger partial charge in [-0.15, -0.1) is 0 Å². The van der Waals surface area contributed by atoms with Crippen molar-refractivity contribution in [3.8, 4) is 11.8 Å². The molecule has 0 N–H and O–H groups in total. The zero-order chi connectivity index (χ0) is 20.3. The van der Waals surface area contributed by atoms with E-state index >= 15 is 0 Å². The van der Waals surface area contributed by atoms with Crippen molar-refractivity contribution < 1.29 is 9.76 Å². The molecule has 0 radical (unpaired) electrons. The normalized spacial score (nSPS) is 11.7. The summed E-state index contributed by atoms with van der Waals surface area (Å²) in [5.41, 5.74) is 2.69. The van der Waals surface area contributed by atoms with Crippen LogP contribution in [0.1, 0.15) is 22.8 Å². The van der Waals surface area contributed by atoms with Gasteiger partial charge >= 0.3 is 0 Å². The number of hydrogen-bond donors (Lipinski definition) is 0. The van der Waals surface area contributed by atoms with Crippen molar-refractivity contribution in [3.05, 3.63) is 118 Å². The van der Waals surface area contributed by atoms with Crippen molar-refractivity contribution in [1.29, 1.82) is 0 Å². The highest BCUT2D eigenvalue weighted by Crippen LogP contribution is 2.17. The van der Waals surface area contributed by atoms with Gasteiger partial charge in [0.1, 0.15) is 0 Å². The Bertz CT molecular complexity index is 1050. The molecular weight excluding hydrogens is 364 g/mol. The second kappa shape index (κ2) is 10.2. The van der Waals surface area contributed by atoms with Crippen LogP contribution in [-0.2, 0) is 4.84 Å². The van der Waals surface area contributed by atoms with Gasteiger partial charge in [0, 0.05) is 23.3 Å². The molecule has 0 amide bonds. The van der Waals surface area contributed by atoms with Crippen LogP contribution < -0.4 is 0 Å². The van der Waals surface area contributed by atoms with Gasteiger partial charge in [0.25, 0.3) is 5.69 Å². The van der Waals surface area contributed by atoms with E-state index in [1.165, 1.54) is 18.3 Å². The molecule has 0 aliphatic rings. The summed E-state index contributed by atoms with van der Waals surface area (Å²) in [5.74, 6) is 6.21. The summed E-state index contributed by atoms with van der Waals surface area (Å²) in [5, 5.41) is 14.7. The van der Waals surface area contributed by atoms with Crippen molar-refractivity contribution in [2.75, 3.05) is 0 Å². The molecule has 0 heterocycles. The van der Waals surface area contributed by atoms with E-state index in [-0.39, 0.29) is 5.69 Å². The summed E-state index contributed by atoms with van der Waals surface area (Å²) < 4.78 is 0. The Balaban J connectivity index is 1.66. The summed E-state index contributed by atoms with van der Waals surface area (Å²) in [6, 6.07) is 25.6. The van der Waals surface area contributed by atoms with Crippen LogP contribution >= 0.6 is 0 Å². The Morgan fingerprint density at radius 1 is 0.931 bits per heavy atom. The number of hydrogen-bond acceptors (Lipinski definition) is 4. The van der Waals surface area contributed by atoms with Crippen LogP contribution in [-0.4, -0.2) is 11.1 Å². The maximum absolute atomic E-state index is 10.7. The minimum Gasteiger partial charge on any atom is -0.374 e. The number of nitro groups is 1. The van der Waals surface area contributed by atoms with E-state index in [1.54, 1.807) is 24.3 Å². The number of nitro benzene ring substituents is 1. The largest absolute Gasteiger partial charge is 0.374 e. The Morgan fingerprint density at radius 2 is 1.59 bits per heavy atom. The topological polar surface area (TPSA) is 64.7 Å². The van der Waals surface area contributed by atoms with Crippen LogP contribution in [0.15, 0.2) is 96.2 Å². The molecule has 5 nitrogen and oxygen atoms in total. The molecule has 3 aromatic carbocycles. The molecule has 3 rings (SSSR count). The summed E-state index contributed by atoms with van der Waals surface area (Å²) in [4.78, 5) is 15.8. The number of rotatable bonds is 6. The third-order valence-corrected chi connectivity index (χ3v) is 3.93. The zero-order valence-corrected chi connectivity index (χ0v) is 15.5. The predicted molar refractivity (Wildman–Crippen MR) is 114 cm³/mol. The first-order chi connectivity index (χ1) is 14.2. The standard InChI is InChI=1S/C24H18N2O3/c27-26(28)23-16-13-21(14-17-23)10-7-19-25-29-24(22-11-5-2-6-12-22)18-15-20-8-3-1-4-9-20/h1-14,16-17,19,24H/b10-7+,25-19-. The van der Waals surface area contributed by atoms with Crippen molar-refractivity contribution in [3.63, 3.8) is 0 Å². The highest BCUT2D eigenvalue weighted by atomic mass is 16.6. The maximum Gasteiger partial charge on any atom is 0.269 e. The smallest absolute Gasteiger partial charge is 0.269 e. The molecule has 1 unspecified atom stereocenters. The van der Waals surface area contributed by atoms with Gasteiger partial charge in [-0.1, -0.05) is 65.7 Å². The predicted octanol–water partition coefficient (Wildman–Crippen LogP) is 5.40. The van der Waals surface area contributed by atoms with E-state index in [0.29, 0.717) is 0 Å². The fourth-order valence-corrected chi connectivity index (χ4v) is 2.46. The first-order valence-electron chi connectivity index (χ1n) is 8.94. The Hall–Kier alpha value is -4.17. The highest BCUT2D eigenvalue weighted by Gasteiger charge is 2.08. The molecule has 0 saturated heterocycles. The van der Waals surface area contributed by atoms with Crippen LogP contribution in [0.25, 0.3) is 6.08 Å². The molecule has 0 aliphatic carbocycles. The molecule has 0 spiro atoms. The van der Waals surface area contributed by atoms with Gasteiger partial charge in [0.15, 0.2) is 0 Å². The van der Waals surface area contributed by atoms with Gasteiger partial charge in [-0.3, -0.25) is 10.1 Å². The Kier molecular flexibility index (Phi) is 6.92. The first-order valence-corrected chi connectivity index (χ1v) is 8.94. The Labute approximate surface area is 169 Å².